The minimum Gasteiger partial charge on any atom is -0.369 e. The Kier molecular flexibility index (Phi) is 3.04. The molecule has 1 rings (SSSR count). The van der Waals surface area contributed by atoms with E-state index in [1.807, 2.05) is 20.8 Å². The Bertz CT molecular complexity index is 147. The van der Waals surface area contributed by atoms with Gasteiger partial charge in [0.25, 0.3) is 0 Å². The second-order valence-electron chi connectivity index (χ2n) is 3.70. The molecule has 5 atom stereocenters. The van der Waals surface area contributed by atoms with Gasteiger partial charge in [0.15, 0.2) is 0 Å². The van der Waals surface area contributed by atoms with Crippen molar-refractivity contribution in [3.05, 3.63) is 0 Å². The van der Waals surface area contributed by atoms with Gasteiger partial charge >= 0.3 is 0 Å². The molecule has 1 aliphatic heterocycles. The second-order valence-corrected chi connectivity index (χ2v) is 3.70. The third kappa shape index (κ3) is 1.60. The van der Waals surface area contributed by atoms with Crippen molar-refractivity contribution in [1.29, 1.82) is 0 Å². The first-order valence-electron chi connectivity index (χ1n) is 4.43. The van der Waals surface area contributed by atoms with Crippen LogP contribution in [0.2, 0.25) is 0 Å². The lowest BCUT2D eigenvalue weighted by Gasteiger charge is -2.39. The fourth-order valence-electron chi connectivity index (χ4n) is 1.65. The minimum absolute atomic E-state index is 0.0345. The first-order valence-corrected chi connectivity index (χ1v) is 4.43. The predicted octanol–water partition coefficient (Wildman–Crippen LogP) is 2.35. The second kappa shape index (κ2) is 3.69. The molecule has 1 nitrogen and oxygen atoms in total. The quantitative estimate of drug-likeness (QED) is 0.599. The van der Waals surface area contributed by atoms with Crippen LogP contribution < -0.4 is 0 Å². The van der Waals surface area contributed by atoms with Gasteiger partial charge in [-0.25, -0.2) is 8.78 Å². The average molecular weight is 178 g/mol. The lowest BCUT2D eigenvalue weighted by Crippen LogP contribution is -2.47. The summed E-state index contributed by atoms with van der Waals surface area (Å²) >= 11 is 0. The summed E-state index contributed by atoms with van der Waals surface area (Å²) in [5.74, 6) is 0.0669. The maximum absolute atomic E-state index is 13.3. The van der Waals surface area contributed by atoms with E-state index in [9.17, 15) is 8.78 Å². The molecule has 72 valence electrons. The van der Waals surface area contributed by atoms with Crippen molar-refractivity contribution in [2.45, 2.75) is 39.2 Å². The first-order chi connectivity index (χ1) is 5.57. The molecular weight excluding hydrogens is 162 g/mol. The van der Waals surface area contributed by atoms with Gasteiger partial charge in [0.2, 0.25) is 0 Å². The summed E-state index contributed by atoms with van der Waals surface area (Å²) < 4.78 is 30.7. The van der Waals surface area contributed by atoms with Crippen LogP contribution in [-0.2, 0) is 4.74 Å². The van der Waals surface area contributed by atoms with Crippen LogP contribution in [0.1, 0.15) is 20.8 Å². The molecule has 0 N–H and O–H groups in total. The van der Waals surface area contributed by atoms with Crippen LogP contribution >= 0.6 is 0 Å². The molecule has 0 aliphatic carbocycles. The summed E-state index contributed by atoms with van der Waals surface area (Å²) in [6.07, 6.45) is -2.03. The smallest absolute Gasteiger partial charge is 0.132 e. The van der Waals surface area contributed by atoms with E-state index in [4.69, 9.17) is 4.74 Å². The molecule has 1 heterocycles. The maximum Gasteiger partial charge on any atom is 0.132 e. The fraction of sp³-hybridized carbons (Fsp3) is 1.00. The van der Waals surface area contributed by atoms with Crippen LogP contribution in [0.5, 0.6) is 0 Å². The summed E-state index contributed by atoms with van der Waals surface area (Å²) in [6.45, 7) is 4.91. The third-order valence-corrected chi connectivity index (χ3v) is 2.97. The molecule has 1 fully saturated rings. The third-order valence-electron chi connectivity index (χ3n) is 2.97. The van der Waals surface area contributed by atoms with E-state index in [1.165, 1.54) is 0 Å². The van der Waals surface area contributed by atoms with E-state index in [0.29, 0.717) is 0 Å². The van der Waals surface area contributed by atoms with Gasteiger partial charge in [0.05, 0.1) is 6.10 Å². The monoisotopic (exact) mass is 178 g/mol. The Morgan fingerprint density at radius 2 is 1.75 bits per heavy atom. The zero-order valence-electron chi connectivity index (χ0n) is 7.76. The molecule has 0 aromatic heterocycles. The first kappa shape index (κ1) is 9.90. The number of hydrogen-bond acceptors (Lipinski definition) is 1. The maximum atomic E-state index is 13.3. The van der Waals surface area contributed by atoms with E-state index in [-0.39, 0.29) is 17.9 Å². The van der Waals surface area contributed by atoms with E-state index in [1.54, 1.807) is 0 Å². The number of ether oxygens (including phenoxy) is 1. The largest absolute Gasteiger partial charge is 0.369 e. The molecule has 0 saturated carbocycles. The summed E-state index contributed by atoms with van der Waals surface area (Å²) in [7, 11) is 0. The Labute approximate surface area is 72.1 Å². The van der Waals surface area contributed by atoms with Gasteiger partial charge in [-0.1, -0.05) is 13.8 Å². The van der Waals surface area contributed by atoms with Gasteiger partial charge in [-0.05, 0) is 18.8 Å². The number of alkyl halides is 2. The van der Waals surface area contributed by atoms with Gasteiger partial charge in [-0.15, -0.1) is 0 Å². The Morgan fingerprint density at radius 1 is 1.17 bits per heavy atom. The van der Waals surface area contributed by atoms with Crippen molar-refractivity contribution in [3.63, 3.8) is 0 Å². The molecule has 12 heavy (non-hydrogen) atoms. The van der Waals surface area contributed by atoms with Crippen molar-refractivity contribution in [3.8, 4) is 0 Å². The van der Waals surface area contributed by atoms with Crippen molar-refractivity contribution in [2.24, 2.45) is 11.8 Å². The predicted molar refractivity (Wildman–Crippen MR) is 43.5 cm³/mol. The molecule has 0 amide bonds. The van der Waals surface area contributed by atoms with Gasteiger partial charge in [-0.3, -0.25) is 0 Å². The molecule has 3 heteroatoms. The van der Waals surface area contributed by atoms with Gasteiger partial charge in [0.1, 0.15) is 19.0 Å². The highest BCUT2D eigenvalue weighted by molar-refractivity contribution is 4.86. The summed E-state index contributed by atoms with van der Waals surface area (Å²) in [5.41, 5.74) is 0. The number of hydrogen-bond donors (Lipinski definition) is 0. The van der Waals surface area contributed by atoms with Crippen LogP contribution in [0, 0.1) is 11.8 Å². The average Bonchev–Trinajstić information content (AvgIpc) is 2.08. The number of halogens is 2. The summed E-state index contributed by atoms with van der Waals surface area (Å²) in [5, 5.41) is 0. The highest BCUT2D eigenvalue weighted by atomic mass is 19.1. The van der Waals surface area contributed by atoms with Crippen LogP contribution in [0.25, 0.3) is 0 Å². The molecule has 1 aliphatic rings. The van der Waals surface area contributed by atoms with E-state index >= 15 is 0 Å². The lowest BCUT2D eigenvalue weighted by molar-refractivity contribution is -0.142. The number of rotatable bonds is 1. The lowest BCUT2D eigenvalue weighted by atomic mass is 9.83. The van der Waals surface area contributed by atoms with Crippen LogP contribution in [0.3, 0.4) is 0 Å². The van der Waals surface area contributed by atoms with Crippen LogP contribution in [0.4, 0.5) is 8.78 Å². The molecular formula is C9H16F2O. The minimum atomic E-state index is -1.15. The van der Waals surface area contributed by atoms with E-state index in [2.05, 4.69) is 0 Å². The van der Waals surface area contributed by atoms with Crippen LogP contribution in [0.15, 0.2) is 0 Å². The zero-order valence-corrected chi connectivity index (χ0v) is 7.76. The van der Waals surface area contributed by atoms with Gasteiger partial charge < -0.3 is 4.74 Å². The van der Waals surface area contributed by atoms with Crippen molar-refractivity contribution >= 4 is 0 Å². The fourth-order valence-corrected chi connectivity index (χ4v) is 1.65. The molecule has 0 radical (unpaired) electrons. The molecule has 0 aromatic carbocycles. The SMILES string of the molecule is CC1[C@@H](C)[C@H](F)C(CF)O[C@@H]1C. The topological polar surface area (TPSA) is 9.23 Å². The molecule has 0 spiro atoms. The standard InChI is InChI=1S/C9H16F2O/c1-5-6(2)9(11)8(4-10)12-7(5)3/h5-9H,4H2,1-3H3/t5?,6-,7-,8?,9+/m1/s1. The Morgan fingerprint density at radius 3 is 2.25 bits per heavy atom. The highest BCUT2D eigenvalue weighted by Gasteiger charge is 2.39. The Hall–Kier alpha value is -0.180. The highest BCUT2D eigenvalue weighted by Crippen LogP contribution is 2.32. The molecule has 2 unspecified atom stereocenters. The van der Waals surface area contributed by atoms with Crippen molar-refractivity contribution in [1.82, 2.24) is 0 Å². The summed E-state index contributed by atoms with van der Waals surface area (Å²) in [4.78, 5) is 0. The van der Waals surface area contributed by atoms with Gasteiger partial charge in [-0.2, -0.15) is 0 Å². The molecule has 0 bridgehead atoms. The zero-order chi connectivity index (χ0) is 9.30. The van der Waals surface area contributed by atoms with E-state index in [0.717, 1.165) is 0 Å². The normalized spacial score (nSPS) is 49.2. The van der Waals surface area contributed by atoms with Gasteiger partial charge in [0, 0.05) is 0 Å². The van der Waals surface area contributed by atoms with Crippen molar-refractivity contribution in [2.75, 3.05) is 6.67 Å². The van der Waals surface area contributed by atoms with E-state index < -0.39 is 19.0 Å². The summed E-state index contributed by atoms with van der Waals surface area (Å²) in [6, 6.07) is 0. The van der Waals surface area contributed by atoms with Crippen molar-refractivity contribution < 1.29 is 13.5 Å². The molecule has 1 saturated heterocycles. The van der Waals surface area contributed by atoms with Crippen LogP contribution in [-0.4, -0.2) is 25.1 Å². The Balaban J connectivity index is 2.63. The molecule has 0 aromatic rings.